The van der Waals surface area contributed by atoms with Crippen LogP contribution in [0.4, 0.5) is 0 Å². The molecule has 0 aliphatic carbocycles. The lowest BCUT2D eigenvalue weighted by Gasteiger charge is -2.21. The third kappa shape index (κ3) is 1.68. The first kappa shape index (κ1) is 9.36. The van der Waals surface area contributed by atoms with Crippen LogP contribution in [0.15, 0.2) is 16.8 Å². The topological polar surface area (TPSA) is 32.3 Å². The summed E-state index contributed by atoms with van der Waals surface area (Å²) >= 11 is 1.74. The van der Waals surface area contributed by atoms with E-state index in [1.165, 1.54) is 5.56 Å². The van der Waals surface area contributed by atoms with Gasteiger partial charge in [0.15, 0.2) is 0 Å². The average molecular weight is 222 g/mol. The molecule has 2 aliphatic heterocycles. The molecule has 4 heteroatoms. The maximum Gasteiger partial charge on any atom is 0.221 e. The number of hydrogen-bond donors (Lipinski definition) is 1. The van der Waals surface area contributed by atoms with Crippen LogP contribution in [-0.2, 0) is 11.3 Å². The van der Waals surface area contributed by atoms with Gasteiger partial charge in [0, 0.05) is 31.6 Å². The molecule has 0 radical (unpaired) electrons. The standard InChI is InChI=1S/C11H14N2OS/c14-11-5-10-9(12-11)1-3-13(10)6-8-2-4-15-7-8/h2,4,7,9-10H,1,3,5-6H2,(H,12,14). The molecule has 1 N–H and O–H groups in total. The summed E-state index contributed by atoms with van der Waals surface area (Å²) in [6.45, 7) is 2.12. The molecule has 1 amide bonds. The zero-order chi connectivity index (χ0) is 10.3. The fourth-order valence-corrected chi connectivity index (χ4v) is 3.29. The molecule has 3 heterocycles. The van der Waals surface area contributed by atoms with E-state index in [4.69, 9.17) is 0 Å². The van der Waals surface area contributed by atoms with Crippen molar-refractivity contribution < 1.29 is 4.79 Å². The van der Waals surface area contributed by atoms with E-state index < -0.39 is 0 Å². The highest BCUT2D eigenvalue weighted by atomic mass is 32.1. The molecule has 15 heavy (non-hydrogen) atoms. The highest BCUT2D eigenvalue weighted by Gasteiger charge is 2.40. The molecule has 1 aromatic heterocycles. The smallest absolute Gasteiger partial charge is 0.221 e. The van der Waals surface area contributed by atoms with E-state index in [9.17, 15) is 4.79 Å². The van der Waals surface area contributed by atoms with E-state index in [0.717, 1.165) is 19.5 Å². The lowest BCUT2D eigenvalue weighted by molar-refractivity contribution is -0.119. The lowest BCUT2D eigenvalue weighted by Crippen LogP contribution is -2.33. The highest BCUT2D eigenvalue weighted by Crippen LogP contribution is 2.27. The average Bonchev–Trinajstić information content (AvgIpc) is 2.85. The Labute approximate surface area is 93.1 Å². The van der Waals surface area contributed by atoms with Crippen LogP contribution in [0, 0.1) is 0 Å². The molecule has 80 valence electrons. The molecule has 2 unspecified atom stereocenters. The number of carbonyl (C=O) groups is 1. The maximum absolute atomic E-state index is 11.3. The summed E-state index contributed by atoms with van der Waals surface area (Å²) in [6.07, 6.45) is 1.80. The van der Waals surface area contributed by atoms with Gasteiger partial charge in [0.05, 0.1) is 0 Å². The van der Waals surface area contributed by atoms with E-state index in [1.807, 2.05) is 0 Å². The fraction of sp³-hybridized carbons (Fsp3) is 0.545. The van der Waals surface area contributed by atoms with Gasteiger partial charge in [0.1, 0.15) is 0 Å². The van der Waals surface area contributed by atoms with Gasteiger partial charge in [-0.15, -0.1) is 0 Å². The number of nitrogens with one attached hydrogen (secondary N) is 1. The van der Waals surface area contributed by atoms with Crippen molar-refractivity contribution in [1.82, 2.24) is 10.2 Å². The van der Waals surface area contributed by atoms with Crippen LogP contribution in [0.3, 0.4) is 0 Å². The van der Waals surface area contributed by atoms with E-state index in [2.05, 4.69) is 27.0 Å². The van der Waals surface area contributed by atoms with Gasteiger partial charge in [-0.05, 0) is 28.8 Å². The number of carbonyl (C=O) groups excluding carboxylic acids is 1. The largest absolute Gasteiger partial charge is 0.352 e. The van der Waals surface area contributed by atoms with Crippen LogP contribution in [0.25, 0.3) is 0 Å². The number of hydrogen-bond acceptors (Lipinski definition) is 3. The van der Waals surface area contributed by atoms with Crippen molar-refractivity contribution >= 4 is 17.2 Å². The molecule has 0 saturated carbocycles. The molecule has 3 rings (SSSR count). The van der Waals surface area contributed by atoms with Crippen molar-refractivity contribution in [3.8, 4) is 0 Å². The summed E-state index contributed by atoms with van der Waals surface area (Å²) in [4.78, 5) is 13.7. The van der Waals surface area contributed by atoms with E-state index >= 15 is 0 Å². The summed E-state index contributed by atoms with van der Waals surface area (Å²) in [5.41, 5.74) is 1.37. The fourth-order valence-electron chi connectivity index (χ4n) is 2.63. The summed E-state index contributed by atoms with van der Waals surface area (Å²) in [5.74, 6) is 0.222. The normalized spacial score (nSPS) is 30.5. The van der Waals surface area contributed by atoms with Gasteiger partial charge in [0.2, 0.25) is 5.91 Å². The number of fused-ring (bicyclic) bond motifs is 1. The second-order valence-corrected chi connectivity index (χ2v) is 5.12. The second-order valence-electron chi connectivity index (χ2n) is 4.34. The Bertz CT molecular complexity index is 363. The van der Waals surface area contributed by atoms with Crippen molar-refractivity contribution in [2.45, 2.75) is 31.5 Å². The van der Waals surface area contributed by atoms with Gasteiger partial charge < -0.3 is 5.32 Å². The van der Waals surface area contributed by atoms with Crippen molar-refractivity contribution in [1.29, 1.82) is 0 Å². The van der Waals surface area contributed by atoms with Crippen molar-refractivity contribution in [3.05, 3.63) is 22.4 Å². The molecule has 2 atom stereocenters. The Morgan fingerprint density at radius 1 is 1.60 bits per heavy atom. The molecule has 2 aliphatic rings. The van der Waals surface area contributed by atoms with E-state index in [1.54, 1.807) is 11.3 Å². The molecule has 2 saturated heterocycles. The van der Waals surface area contributed by atoms with Crippen molar-refractivity contribution in [2.75, 3.05) is 6.54 Å². The first-order valence-corrected chi connectivity index (χ1v) is 6.32. The van der Waals surface area contributed by atoms with Gasteiger partial charge in [-0.2, -0.15) is 11.3 Å². The Balaban J connectivity index is 1.70. The Morgan fingerprint density at radius 2 is 2.53 bits per heavy atom. The van der Waals surface area contributed by atoms with Gasteiger partial charge in [0.25, 0.3) is 0 Å². The number of likely N-dealkylation sites (tertiary alicyclic amines) is 1. The third-order valence-electron chi connectivity index (χ3n) is 3.37. The van der Waals surface area contributed by atoms with Crippen molar-refractivity contribution in [3.63, 3.8) is 0 Å². The van der Waals surface area contributed by atoms with E-state index in [-0.39, 0.29) is 5.91 Å². The van der Waals surface area contributed by atoms with Crippen LogP contribution in [-0.4, -0.2) is 29.4 Å². The van der Waals surface area contributed by atoms with Crippen LogP contribution in [0.5, 0.6) is 0 Å². The zero-order valence-corrected chi connectivity index (χ0v) is 9.30. The summed E-state index contributed by atoms with van der Waals surface area (Å²) in [5, 5.41) is 7.35. The van der Waals surface area contributed by atoms with Crippen LogP contribution < -0.4 is 5.32 Å². The molecular weight excluding hydrogens is 208 g/mol. The molecule has 1 aromatic rings. The lowest BCUT2D eigenvalue weighted by atomic mass is 10.1. The number of amides is 1. The quantitative estimate of drug-likeness (QED) is 0.816. The first-order chi connectivity index (χ1) is 7.33. The van der Waals surface area contributed by atoms with Crippen LogP contribution in [0.1, 0.15) is 18.4 Å². The Kier molecular flexibility index (Phi) is 2.25. The number of thiophene rings is 1. The van der Waals surface area contributed by atoms with E-state index in [0.29, 0.717) is 18.5 Å². The molecule has 2 fully saturated rings. The van der Waals surface area contributed by atoms with Crippen LogP contribution >= 0.6 is 11.3 Å². The predicted molar refractivity (Wildman–Crippen MR) is 59.7 cm³/mol. The predicted octanol–water partition coefficient (Wildman–Crippen LogP) is 1.21. The molecule has 0 aromatic carbocycles. The molecular formula is C11H14N2OS. The molecule has 3 nitrogen and oxygen atoms in total. The maximum atomic E-state index is 11.3. The minimum atomic E-state index is 0.222. The number of rotatable bonds is 2. The summed E-state index contributed by atoms with van der Waals surface area (Å²) in [7, 11) is 0. The Hall–Kier alpha value is -0.870. The third-order valence-corrected chi connectivity index (χ3v) is 4.10. The zero-order valence-electron chi connectivity index (χ0n) is 8.48. The van der Waals surface area contributed by atoms with Crippen LogP contribution in [0.2, 0.25) is 0 Å². The van der Waals surface area contributed by atoms with Gasteiger partial charge >= 0.3 is 0 Å². The minimum absolute atomic E-state index is 0.222. The monoisotopic (exact) mass is 222 g/mol. The second kappa shape index (κ2) is 3.61. The summed E-state index contributed by atoms with van der Waals surface area (Å²) in [6, 6.07) is 3.02. The molecule has 0 spiro atoms. The number of nitrogens with zero attached hydrogens (tertiary/aromatic N) is 1. The SMILES string of the molecule is O=C1CC2C(CCN2Cc2ccsc2)N1. The van der Waals surface area contributed by atoms with Gasteiger partial charge in [-0.3, -0.25) is 9.69 Å². The van der Waals surface area contributed by atoms with Gasteiger partial charge in [-0.25, -0.2) is 0 Å². The minimum Gasteiger partial charge on any atom is -0.352 e. The summed E-state index contributed by atoms with van der Waals surface area (Å²) < 4.78 is 0. The first-order valence-electron chi connectivity index (χ1n) is 5.37. The molecule has 0 bridgehead atoms. The Morgan fingerprint density at radius 3 is 3.33 bits per heavy atom. The van der Waals surface area contributed by atoms with Crippen molar-refractivity contribution in [2.24, 2.45) is 0 Å². The van der Waals surface area contributed by atoms with Gasteiger partial charge in [-0.1, -0.05) is 0 Å². The highest BCUT2D eigenvalue weighted by molar-refractivity contribution is 7.07.